The summed E-state index contributed by atoms with van der Waals surface area (Å²) in [6, 6.07) is 5.47. The molecule has 3 nitrogen and oxygen atoms in total. The van der Waals surface area contributed by atoms with Gasteiger partial charge in [-0.25, -0.2) is 0 Å². The molecule has 0 heterocycles. The topological polar surface area (TPSA) is 72.3 Å². The Labute approximate surface area is 77.4 Å². The molecule has 2 rings (SSSR count). The molecule has 0 aliphatic heterocycles. The maximum absolute atomic E-state index is 9.55. The van der Waals surface area contributed by atoms with Gasteiger partial charge in [0, 0.05) is 5.69 Å². The second-order valence-corrected chi connectivity index (χ2v) is 3.59. The third kappa shape index (κ3) is 1.41. The smallest absolute Gasteiger partial charge is 0.0736 e. The molecule has 0 bridgehead atoms. The van der Waals surface area contributed by atoms with E-state index in [1.54, 1.807) is 0 Å². The van der Waals surface area contributed by atoms with Gasteiger partial charge in [-0.2, -0.15) is 0 Å². The minimum atomic E-state index is -0.422. The van der Waals surface area contributed by atoms with Crippen LogP contribution in [0.5, 0.6) is 0 Å². The zero-order valence-corrected chi connectivity index (χ0v) is 7.40. The summed E-state index contributed by atoms with van der Waals surface area (Å²) in [5.41, 5.74) is 14.4. The van der Waals surface area contributed by atoms with Crippen LogP contribution in [0.3, 0.4) is 0 Å². The van der Waals surface area contributed by atoms with E-state index in [1.807, 2.05) is 18.2 Å². The number of rotatable bonds is 0. The number of aliphatic hydroxyl groups is 1. The molecule has 70 valence electrons. The first-order valence-electron chi connectivity index (χ1n) is 4.50. The fraction of sp³-hybridized carbons (Fsp3) is 0.400. The second-order valence-electron chi connectivity index (χ2n) is 3.59. The van der Waals surface area contributed by atoms with Crippen LogP contribution in [0.2, 0.25) is 0 Å². The molecule has 0 saturated carbocycles. The van der Waals surface area contributed by atoms with E-state index in [-0.39, 0.29) is 6.04 Å². The number of nitrogens with two attached hydrogens (primary N) is 2. The molecule has 0 saturated heterocycles. The van der Waals surface area contributed by atoms with Crippen LogP contribution in [0, 0.1) is 0 Å². The van der Waals surface area contributed by atoms with Crippen LogP contribution in [0.25, 0.3) is 0 Å². The minimum Gasteiger partial charge on any atom is -0.399 e. The standard InChI is InChI=1S/C10H14N2O/c11-7-3-1-6-2-4-9(13)10(12)8(6)5-7/h1,3,5,9-10,13H,2,4,11-12H2. The Hall–Kier alpha value is -1.06. The lowest BCUT2D eigenvalue weighted by molar-refractivity contribution is 0.128. The highest BCUT2D eigenvalue weighted by atomic mass is 16.3. The molecule has 3 heteroatoms. The molecule has 13 heavy (non-hydrogen) atoms. The summed E-state index contributed by atoms with van der Waals surface area (Å²) in [6.07, 6.45) is 1.22. The van der Waals surface area contributed by atoms with Crippen LogP contribution in [0.15, 0.2) is 18.2 Å². The Kier molecular flexibility index (Phi) is 1.98. The van der Waals surface area contributed by atoms with Crippen LogP contribution >= 0.6 is 0 Å². The summed E-state index contributed by atoms with van der Waals surface area (Å²) < 4.78 is 0. The van der Waals surface area contributed by atoms with E-state index in [4.69, 9.17) is 11.5 Å². The van der Waals surface area contributed by atoms with Crippen molar-refractivity contribution in [3.8, 4) is 0 Å². The lowest BCUT2D eigenvalue weighted by Crippen LogP contribution is -2.31. The third-order valence-electron chi connectivity index (χ3n) is 2.65. The summed E-state index contributed by atoms with van der Waals surface area (Å²) in [4.78, 5) is 0. The third-order valence-corrected chi connectivity index (χ3v) is 2.65. The highest BCUT2D eigenvalue weighted by Crippen LogP contribution is 2.29. The first-order valence-corrected chi connectivity index (χ1v) is 4.50. The van der Waals surface area contributed by atoms with Crippen molar-refractivity contribution in [2.24, 2.45) is 5.73 Å². The summed E-state index contributed by atoms with van der Waals surface area (Å²) in [6.45, 7) is 0. The van der Waals surface area contributed by atoms with E-state index >= 15 is 0 Å². The number of benzene rings is 1. The maximum Gasteiger partial charge on any atom is 0.0736 e. The first kappa shape index (κ1) is 8.53. The molecule has 0 aromatic heterocycles. The Morgan fingerprint density at radius 1 is 1.38 bits per heavy atom. The van der Waals surface area contributed by atoms with Crippen molar-refractivity contribution >= 4 is 5.69 Å². The number of hydrogen-bond acceptors (Lipinski definition) is 3. The van der Waals surface area contributed by atoms with Gasteiger partial charge in [-0.3, -0.25) is 0 Å². The van der Waals surface area contributed by atoms with Crippen LogP contribution < -0.4 is 11.5 Å². The highest BCUT2D eigenvalue weighted by molar-refractivity contribution is 5.47. The Morgan fingerprint density at radius 3 is 2.92 bits per heavy atom. The van der Waals surface area contributed by atoms with Gasteiger partial charge in [-0.05, 0) is 36.1 Å². The Morgan fingerprint density at radius 2 is 2.15 bits per heavy atom. The van der Waals surface area contributed by atoms with Crippen molar-refractivity contribution in [2.75, 3.05) is 5.73 Å². The first-order chi connectivity index (χ1) is 6.18. The van der Waals surface area contributed by atoms with Crippen molar-refractivity contribution in [1.29, 1.82) is 0 Å². The van der Waals surface area contributed by atoms with Crippen molar-refractivity contribution in [3.05, 3.63) is 29.3 Å². The summed E-state index contributed by atoms with van der Waals surface area (Å²) in [5, 5.41) is 9.55. The molecular formula is C10H14N2O. The van der Waals surface area contributed by atoms with Gasteiger partial charge in [0.25, 0.3) is 0 Å². The SMILES string of the molecule is Nc1ccc2c(c1)C(N)C(O)CC2. The molecule has 0 fully saturated rings. The molecular weight excluding hydrogens is 164 g/mol. The number of anilines is 1. The predicted molar refractivity (Wildman–Crippen MR) is 52.1 cm³/mol. The van der Waals surface area contributed by atoms with Crippen molar-refractivity contribution < 1.29 is 5.11 Å². The lowest BCUT2D eigenvalue weighted by Gasteiger charge is -2.27. The van der Waals surface area contributed by atoms with Gasteiger partial charge in [0.1, 0.15) is 0 Å². The van der Waals surface area contributed by atoms with Gasteiger partial charge < -0.3 is 16.6 Å². The van der Waals surface area contributed by atoms with E-state index in [0.717, 1.165) is 18.4 Å². The molecule has 0 spiro atoms. The van der Waals surface area contributed by atoms with Gasteiger partial charge in [0.15, 0.2) is 0 Å². The van der Waals surface area contributed by atoms with Gasteiger partial charge in [0.2, 0.25) is 0 Å². The maximum atomic E-state index is 9.55. The van der Waals surface area contributed by atoms with Gasteiger partial charge in [-0.1, -0.05) is 6.07 Å². The van der Waals surface area contributed by atoms with Crippen molar-refractivity contribution in [1.82, 2.24) is 0 Å². The zero-order valence-electron chi connectivity index (χ0n) is 7.40. The second kappa shape index (κ2) is 3.01. The number of aryl methyl sites for hydroxylation is 1. The minimum absolute atomic E-state index is 0.271. The number of fused-ring (bicyclic) bond motifs is 1. The van der Waals surface area contributed by atoms with Crippen molar-refractivity contribution in [3.63, 3.8) is 0 Å². The van der Waals surface area contributed by atoms with Crippen LogP contribution in [0.4, 0.5) is 5.69 Å². The molecule has 2 unspecified atom stereocenters. The average molecular weight is 178 g/mol. The van der Waals surface area contributed by atoms with E-state index in [0.29, 0.717) is 5.69 Å². The Bertz CT molecular complexity index is 325. The van der Waals surface area contributed by atoms with E-state index in [1.165, 1.54) is 5.56 Å². The van der Waals surface area contributed by atoms with Gasteiger partial charge in [0.05, 0.1) is 12.1 Å². The molecule has 0 amide bonds. The number of aliphatic hydroxyl groups excluding tert-OH is 1. The molecule has 0 radical (unpaired) electrons. The highest BCUT2D eigenvalue weighted by Gasteiger charge is 2.24. The quantitative estimate of drug-likeness (QED) is 0.509. The molecule has 5 N–H and O–H groups in total. The van der Waals surface area contributed by atoms with E-state index < -0.39 is 6.10 Å². The number of hydrogen-bond donors (Lipinski definition) is 3. The lowest BCUT2D eigenvalue weighted by atomic mass is 9.86. The molecule has 1 aliphatic rings. The molecule has 1 aliphatic carbocycles. The zero-order chi connectivity index (χ0) is 9.42. The van der Waals surface area contributed by atoms with Crippen LogP contribution in [-0.2, 0) is 6.42 Å². The monoisotopic (exact) mass is 178 g/mol. The van der Waals surface area contributed by atoms with Gasteiger partial charge >= 0.3 is 0 Å². The molecule has 2 atom stereocenters. The van der Waals surface area contributed by atoms with Crippen LogP contribution in [-0.4, -0.2) is 11.2 Å². The van der Waals surface area contributed by atoms with Crippen LogP contribution in [0.1, 0.15) is 23.6 Å². The van der Waals surface area contributed by atoms with E-state index in [9.17, 15) is 5.11 Å². The molecule has 1 aromatic rings. The van der Waals surface area contributed by atoms with E-state index in [2.05, 4.69) is 0 Å². The summed E-state index contributed by atoms with van der Waals surface area (Å²) in [7, 11) is 0. The Balaban J connectivity index is 2.45. The molecule has 1 aromatic carbocycles. The fourth-order valence-electron chi connectivity index (χ4n) is 1.84. The summed E-state index contributed by atoms with van der Waals surface area (Å²) in [5.74, 6) is 0. The normalized spacial score (nSPS) is 26.9. The summed E-state index contributed by atoms with van der Waals surface area (Å²) >= 11 is 0. The van der Waals surface area contributed by atoms with Gasteiger partial charge in [-0.15, -0.1) is 0 Å². The largest absolute Gasteiger partial charge is 0.399 e. The van der Waals surface area contributed by atoms with Crippen molar-refractivity contribution in [2.45, 2.75) is 25.0 Å². The average Bonchev–Trinajstić information content (AvgIpc) is 2.12. The predicted octanol–water partition coefficient (Wildman–Crippen LogP) is 0.576. The fourth-order valence-corrected chi connectivity index (χ4v) is 1.84. The number of nitrogen functional groups attached to an aromatic ring is 1.